The Bertz CT molecular complexity index is 974. The van der Waals surface area contributed by atoms with Crippen LogP contribution in [0.3, 0.4) is 0 Å². The quantitative estimate of drug-likeness (QED) is 0.468. The number of piperidine rings is 1. The Morgan fingerprint density at radius 2 is 1.77 bits per heavy atom. The molecule has 0 unspecified atom stereocenters. The van der Waals surface area contributed by atoms with E-state index in [1.165, 1.54) is 11.3 Å². The molecule has 0 radical (unpaired) electrons. The zero-order chi connectivity index (χ0) is 21.8. The lowest BCUT2D eigenvalue weighted by molar-refractivity contribution is -0.156. The largest absolute Gasteiger partial charge is 0.356 e. The average molecular weight is 480 g/mol. The molecule has 4 rings (SSSR count). The van der Waals surface area contributed by atoms with E-state index in [0.29, 0.717) is 32.1 Å². The van der Waals surface area contributed by atoms with Crippen molar-refractivity contribution >= 4 is 58.2 Å². The zero-order valence-corrected chi connectivity index (χ0v) is 19.2. The molecule has 0 aromatic carbocycles. The highest BCUT2D eigenvalue weighted by Crippen LogP contribution is 2.24. The van der Waals surface area contributed by atoms with E-state index in [1.807, 2.05) is 30.4 Å². The molecule has 2 saturated heterocycles. The van der Waals surface area contributed by atoms with Crippen molar-refractivity contribution in [2.45, 2.75) is 12.8 Å². The Hall–Kier alpha value is -2.16. The minimum atomic E-state index is -0.423. The maximum absolute atomic E-state index is 12.6. The third-order valence-electron chi connectivity index (χ3n) is 5.63. The zero-order valence-electron chi connectivity index (χ0n) is 16.9. The summed E-state index contributed by atoms with van der Waals surface area (Å²) >= 11 is 13.3. The number of halogens is 2. The standard InChI is InChI=1S/C21H23Cl2N5O2S/c22-17-4-3-16(31-17)2-1-9-27-12-13-28(20(30)19(27)29)14-15-6-10-26(11-7-15)18-5-8-24-21(23)25-18/h1-5,8,15H,6-7,9-14H2. The molecule has 164 valence electrons. The fraction of sp³-hybridized carbons (Fsp3) is 0.429. The molecule has 2 amide bonds. The first kappa shape index (κ1) is 22.0. The molecule has 2 aliphatic rings. The third-order valence-corrected chi connectivity index (χ3v) is 7.01. The van der Waals surface area contributed by atoms with Crippen molar-refractivity contribution in [2.24, 2.45) is 5.92 Å². The number of carbonyl (C=O) groups is 2. The number of amides is 2. The first-order valence-electron chi connectivity index (χ1n) is 10.2. The smallest absolute Gasteiger partial charge is 0.312 e. The summed E-state index contributed by atoms with van der Waals surface area (Å²) < 4.78 is 0.728. The molecule has 2 fully saturated rings. The number of piperazine rings is 1. The number of carbonyl (C=O) groups excluding carboxylic acids is 2. The molecule has 7 nitrogen and oxygen atoms in total. The minimum absolute atomic E-state index is 0.246. The second-order valence-corrected chi connectivity index (χ2v) is 9.75. The van der Waals surface area contributed by atoms with Gasteiger partial charge in [0.1, 0.15) is 5.82 Å². The van der Waals surface area contributed by atoms with Crippen LogP contribution in [0.2, 0.25) is 9.62 Å². The van der Waals surface area contributed by atoms with Gasteiger partial charge in [-0.15, -0.1) is 11.3 Å². The SMILES string of the molecule is O=C1C(=O)N(CC2CCN(c3ccnc(Cl)n3)CC2)CCN1CC=Cc1ccc(Cl)s1. The summed E-state index contributed by atoms with van der Waals surface area (Å²) in [6, 6.07) is 5.63. The summed E-state index contributed by atoms with van der Waals surface area (Å²) in [6.07, 6.45) is 7.37. The predicted octanol–water partition coefficient (Wildman–Crippen LogP) is 3.45. The fourth-order valence-corrected chi connectivity index (χ4v) is 5.07. The highest BCUT2D eigenvalue weighted by Gasteiger charge is 2.33. The van der Waals surface area contributed by atoms with Crippen molar-refractivity contribution in [2.75, 3.05) is 44.2 Å². The molecule has 0 bridgehead atoms. The molecule has 0 atom stereocenters. The summed E-state index contributed by atoms with van der Waals surface area (Å²) in [5, 5.41) is 0.246. The lowest BCUT2D eigenvalue weighted by atomic mass is 9.96. The molecule has 2 aromatic rings. The number of hydrogen-bond donors (Lipinski definition) is 0. The van der Waals surface area contributed by atoms with E-state index in [1.54, 1.807) is 16.0 Å². The van der Waals surface area contributed by atoms with Gasteiger partial charge in [-0.3, -0.25) is 9.59 Å². The van der Waals surface area contributed by atoms with E-state index in [-0.39, 0.29) is 5.28 Å². The number of anilines is 1. The highest BCUT2D eigenvalue weighted by molar-refractivity contribution is 7.16. The van der Waals surface area contributed by atoms with E-state index in [2.05, 4.69) is 14.9 Å². The van der Waals surface area contributed by atoms with Crippen LogP contribution in [0.4, 0.5) is 5.82 Å². The van der Waals surface area contributed by atoms with Gasteiger partial charge in [0.05, 0.1) is 4.34 Å². The van der Waals surface area contributed by atoms with Crippen LogP contribution in [-0.2, 0) is 9.59 Å². The van der Waals surface area contributed by atoms with Gasteiger partial charge in [-0.05, 0) is 54.6 Å². The Morgan fingerprint density at radius 3 is 2.48 bits per heavy atom. The van der Waals surface area contributed by atoms with Gasteiger partial charge in [0.25, 0.3) is 0 Å². The second kappa shape index (κ2) is 9.97. The van der Waals surface area contributed by atoms with Crippen LogP contribution in [0.15, 0.2) is 30.5 Å². The topological polar surface area (TPSA) is 69.6 Å². The van der Waals surface area contributed by atoms with Gasteiger partial charge in [-0.1, -0.05) is 17.7 Å². The van der Waals surface area contributed by atoms with Crippen molar-refractivity contribution in [3.05, 3.63) is 45.0 Å². The van der Waals surface area contributed by atoms with Crippen LogP contribution in [-0.4, -0.2) is 70.9 Å². The highest BCUT2D eigenvalue weighted by atomic mass is 35.5. The van der Waals surface area contributed by atoms with E-state index >= 15 is 0 Å². The Balaban J connectivity index is 1.25. The molecular weight excluding hydrogens is 457 g/mol. The Kier molecular flexibility index (Phi) is 7.09. The first-order valence-corrected chi connectivity index (χ1v) is 11.8. The van der Waals surface area contributed by atoms with E-state index in [9.17, 15) is 9.59 Å². The van der Waals surface area contributed by atoms with Gasteiger partial charge >= 0.3 is 11.8 Å². The summed E-state index contributed by atoms with van der Waals surface area (Å²) in [5.41, 5.74) is 0. The van der Waals surface area contributed by atoms with Gasteiger partial charge in [-0.2, -0.15) is 0 Å². The molecular formula is C21H23Cl2N5O2S. The number of hydrogen-bond acceptors (Lipinski definition) is 6. The van der Waals surface area contributed by atoms with Gasteiger partial charge in [0.15, 0.2) is 0 Å². The average Bonchev–Trinajstić information content (AvgIpc) is 3.18. The van der Waals surface area contributed by atoms with Crippen molar-refractivity contribution in [1.29, 1.82) is 0 Å². The summed E-state index contributed by atoms with van der Waals surface area (Å²) in [5.74, 6) is 0.383. The van der Waals surface area contributed by atoms with Crippen molar-refractivity contribution in [3.63, 3.8) is 0 Å². The van der Waals surface area contributed by atoms with Gasteiger partial charge in [-0.25, -0.2) is 9.97 Å². The predicted molar refractivity (Wildman–Crippen MR) is 124 cm³/mol. The van der Waals surface area contributed by atoms with Crippen LogP contribution in [0, 0.1) is 5.92 Å². The van der Waals surface area contributed by atoms with E-state index < -0.39 is 11.8 Å². The van der Waals surface area contributed by atoms with Crippen molar-refractivity contribution < 1.29 is 9.59 Å². The molecule has 2 aromatic heterocycles. The molecule has 2 aliphatic heterocycles. The normalized spacial score (nSPS) is 18.5. The van der Waals surface area contributed by atoms with Crippen LogP contribution in [0.25, 0.3) is 6.08 Å². The Labute approximate surface area is 195 Å². The van der Waals surface area contributed by atoms with Gasteiger partial charge in [0.2, 0.25) is 5.28 Å². The number of rotatable bonds is 6. The molecule has 31 heavy (non-hydrogen) atoms. The van der Waals surface area contributed by atoms with Gasteiger partial charge in [0, 0.05) is 50.3 Å². The summed E-state index contributed by atoms with van der Waals surface area (Å²) in [7, 11) is 0. The monoisotopic (exact) mass is 479 g/mol. The number of aromatic nitrogens is 2. The van der Waals surface area contributed by atoms with Crippen LogP contribution < -0.4 is 4.90 Å². The molecule has 0 saturated carbocycles. The van der Waals surface area contributed by atoms with E-state index in [0.717, 1.165) is 41.0 Å². The van der Waals surface area contributed by atoms with Crippen molar-refractivity contribution in [3.8, 4) is 0 Å². The molecule has 4 heterocycles. The molecule has 0 N–H and O–H groups in total. The van der Waals surface area contributed by atoms with E-state index in [4.69, 9.17) is 23.2 Å². The molecule has 10 heteroatoms. The van der Waals surface area contributed by atoms with Crippen LogP contribution >= 0.6 is 34.5 Å². The summed E-state index contributed by atoms with van der Waals surface area (Å²) in [6.45, 7) is 3.87. The summed E-state index contributed by atoms with van der Waals surface area (Å²) in [4.78, 5) is 39.9. The molecule has 0 aliphatic carbocycles. The van der Waals surface area contributed by atoms with Crippen LogP contribution in [0.5, 0.6) is 0 Å². The van der Waals surface area contributed by atoms with Crippen molar-refractivity contribution in [1.82, 2.24) is 19.8 Å². The molecule has 0 spiro atoms. The lowest BCUT2D eigenvalue weighted by Crippen LogP contribution is -2.55. The number of thiophene rings is 1. The second-order valence-electron chi connectivity index (χ2n) is 7.66. The first-order chi connectivity index (χ1) is 15.0. The third kappa shape index (κ3) is 5.56. The lowest BCUT2D eigenvalue weighted by Gasteiger charge is -2.38. The number of nitrogens with zero attached hydrogens (tertiary/aromatic N) is 5. The van der Waals surface area contributed by atoms with Gasteiger partial charge < -0.3 is 14.7 Å². The van der Waals surface area contributed by atoms with Crippen LogP contribution in [0.1, 0.15) is 17.7 Å². The fourth-order valence-electron chi connectivity index (χ4n) is 3.94. The maximum Gasteiger partial charge on any atom is 0.312 e. The minimum Gasteiger partial charge on any atom is -0.356 e. The Morgan fingerprint density at radius 1 is 1.03 bits per heavy atom. The maximum atomic E-state index is 12.6.